The van der Waals surface area contributed by atoms with Crippen molar-refractivity contribution in [2.75, 3.05) is 7.05 Å². The van der Waals surface area contributed by atoms with Crippen LogP contribution < -0.4 is 16.2 Å². The molecule has 3 N–H and O–H groups in total. The molecule has 1 aromatic rings. The van der Waals surface area contributed by atoms with Crippen molar-refractivity contribution in [2.45, 2.75) is 33.1 Å². The number of thiocarbonyl (C=S) groups is 1. The number of hydrazine groups is 1. The number of carbonyl (C=O) groups is 1. The van der Waals surface area contributed by atoms with Crippen molar-refractivity contribution in [1.82, 2.24) is 16.2 Å². The van der Waals surface area contributed by atoms with E-state index in [0.717, 1.165) is 12.0 Å². The van der Waals surface area contributed by atoms with E-state index in [2.05, 4.69) is 42.1 Å². The van der Waals surface area contributed by atoms with Crippen LogP contribution in [0.2, 0.25) is 0 Å². The summed E-state index contributed by atoms with van der Waals surface area (Å²) in [6, 6.07) is 8.20. The van der Waals surface area contributed by atoms with Crippen LogP contribution in [0.4, 0.5) is 0 Å². The lowest BCUT2D eigenvalue weighted by Crippen LogP contribution is -2.46. The maximum Gasteiger partial charge on any atom is 0.245 e. The molecular weight excluding hydrogens is 270 g/mol. The molecule has 4 nitrogen and oxygen atoms in total. The van der Waals surface area contributed by atoms with E-state index in [9.17, 15) is 4.79 Å². The Labute approximate surface area is 126 Å². The number of carbonyl (C=O) groups excluding carboxylic acids is 1. The summed E-state index contributed by atoms with van der Waals surface area (Å²) >= 11 is 4.90. The SMILES string of the molecule is CNC(=S)NNC(=O)C(C)c1ccc(CC(C)C)cc1. The molecule has 0 fully saturated rings. The Bertz CT molecular complexity index is 457. The fourth-order valence-electron chi connectivity index (χ4n) is 1.85. The van der Waals surface area contributed by atoms with E-state index in [0.29, 0.717) is 11.0 Å². The fourth-order valence-corrected chi connectivity index (χ4v) is 1.91. The maximum absolute atomic E-state index is 12.0. The Morgan fingerprint density at radius 2 is 1.75 bits per heavy atom. The molecule has 0 radical (unpaired) electrons. The largest absolute Gasteiger partial charge is 0.364 e. The standard InChI is InChI=1S/C15H23N3OS/c1-10(2)9-12-5-7-13(8-6-12)11(3)14(19)17-18-15(20)16-4/h5-8,10-11H,9H2,1-4H3,(H,17,19)(H2,16,18,20). The molecule has 0 spiro atoms. The molecule has 110 valence electrons. The van der Waals surface area contributed by atoms with Gasteiger partial charge in [0, 0.05) is 7.05 Å². The van der Waals surface area contributed by atoms with E-state index in [4.69, 9.17) is 12.2 Å². The van der Waals surface area contributed by atoms with E-state index >= 15 is 0 Å². The Morgan fingerprint density at radius 1 is 1.15 bits per heavy atom. The van der Waals surface area contributed by atoms with Crippen molar-refractivity contribution >= 4 is 23.2 Å². The van der Waals surface area contributed by atoms with Crippen LogP contribution in [0.3, 0.4) is 0 Å². The molecule has 1 amide bonds. The van der Waals surface area contributed by atoms with Crippen LogP contribution in [-0.4, -0.2) is 18.1 Å². The van der Waals surface area contributed by atoms with E-state index in [-0.39, 0.29) is 11.8 Å². The molecule has 0 heterocycles. The molecule has 0 saturated carbocycles. The smallest absolute Gasteiger partial charge is 0.245 e. The first-order valence-electron chi connectivity index (χ1n) is 6.80. The summed E-state index contributed by atoms with van der Waals surface area (Å²) in [5, 5.41) is 3.12. The van der Waals surface area contributed by atoms with Gasteiger partial charge in [0.15, 0.2) is 5.11 Å². The van der Waals surface area contributed by atoms with E-state index in [1.165, 1.54) is 5.56 Å². The number of hydrogen-bond acceptors (Lipinski definition) is 2. The number of benzene rings is 1. The molecule has 0 aliphatic rings. The van der Waals surface area contributed by atoms with Crippen LogP contribution >= 0.6 is 12.2 Å². The third kappa shape index (κ3) is 5.17. The molecule has 0 aliphatic heterocycles. The average Bonchev–Trinajstić information content (AvgIpc) is 2.43. The van der Waals surface area contributed by atoms with Crippen molar-refractivity contribution in [2.24, 2.45) is 5.92 Å². The lowest BCUT2D eigenvalue weighted by Gasteiger charge is -2.15. The Balaban J connectivity index is 2.60. The van der Waals surface area contributed by atoms with Crippen LogP contribution in [0.5, 0.6) is 0 Å². The molecule has 0 aromatic heterocycles. The maximum atomic E-state index is 12.0. The van der Waals surface area contributed by atoms with Crippen LogP contribution in [0, 0.1) is 5.92 Å². The minimum atomic E-state index is -0.227. The van der Waals surface area contributed by atoms with Gasteiger partial charge in [-0.2, -0.15) is 0 Å². The number of nitrogens with one attached hydrogen (secondary N) is 3. The second-order valence-corrected chi connectivity index (χ2v) is 5.66. The summed E-state index contributed by atoms with van der Waals surface area (Å²) in [6.45, 7) is 6.26. The van der Waals surface area contributed by atoms with Gasteiger partial charge >= 0.3 is 0 Å². The highest BCUT2D eigenvalue weighted by Gasteiger charge is 2.15. The monoisotopic (exact) mass is 293 g/mol. The fraction of sp³-hybridized carbons (Fsp3) is 0.467. The summed E-state index contributed by atoms with van der Waals surface area (Å²) < 4.78 is 0. The van der Waals surface area contributed by atoms with E-state index in [1.54, 1.807) is 7.05 Å². The highest BCUT2D eigenvalue weighted by Crippen LogP contribution is 2.17. The zero-order valence-corrected chi connectivity index (χ0v) is 13.3. The quantitative estimate of drug-likeness (QED) is 0.588. The van der Waals surface area contributed by atoms with Crippen LogP contribution in [0.25, 0.3) is 0 Å². The Morgan fingerprint density at radius 3 is 2.25 bits per heavy atom. The van der Waals surface area contributed by atoms with Gasteiger partial charge in [-0.15, -0.1) is 0 Å². The van der Waals surface area contributed by atoms with Gasteiger partial charge in [0.25, 0.3) is 0 Å². The van der Waals surface area contributed by atoms with Crippen LogP contribution in [0.1, 0.15) is 37.8 Å². The molecule has 1 atom stereocenters. The van der Waals surface area contributed by atoms with Gasteiger partial charge < -0.3 is 5.32 Å². The normalized spacial score (nSPS) is 11.8. The first-order chi connectivity index (χ1) is 9.43. The predicted octanol–water partition coefficient (Wildman–Crippen LogP) is 2.11. The van der Waals surface area contributed by atoms with Crippen molar-refractivity contribution in [3.05, 3.63) is 35.4 Å². The molecule has 1 rings (SSSR count). The summed E-state index contributed by atoms with van der Waals surface area (Å²) in [7, 11) is 1.69. The van der Waals surface area contributed by atoms with Gasteiger partial charge in [-0.25, -0.2) is 0 Å². The van der Waals surface area contributed by atoms with Crippen molar-refractivity contribution in [1.29, 1.82) is 0 Å². The third-order valence-corrected chi connectivity index (χ3v) is 3.35. The first kappa shape index (κ1) is 16.4. The number of hydrogen-bond donors (Lipinski definition) is 3. The topological polar surface area (TPSA) is 53.2 Å². The second-order valence-electron chi connectivity index (χ2n) is 5.25. The minimum Gasteiger partial charge on any atom is -0.364 e. The Kier molecular flexibility index (Phi) is 6.45. The predicted molar refractivity (Wildman–Crippen MR) is 86.3 cm³/mol. The zero-order valence-electron chi connectivity index (χ0n) is 12.5. The van der Waals surface area contributed by atoms with Crippen LogP contribution in [0.15, 0.2) is 24.3 Å². The minimum absolute atomic E-state index is 0.112. The molecule has 0 saturated heterocycles. The lowest BCUT2D eigenvalue weighted by atomic mass is 9.96. The number of rotatable bonds is 4. The third-order valence-electron chi connectivity index (χ3n) is 3.04. The molecule has 1 aromatic carbocycles. The van der Waals surface area contributed by atoms with Gasteiger partial charge in [-0.1, -0.05) is 38.1 Å². The highest BCUT2D eigenvalue weighted by atomic mass is 32.1. The summed E-state index contributed by atoms with van der Waals surface area (Å²) in [4.78, 5) is 12.0. The molecule has 0 bridgehead atoms. The van der Waals surface area contributed by atoms with Gasteiger partial charge in [-0.05, 0) is 42.6 Å². The Hall–Kier alpha value is -1.62. The van der Waals surface area contributed by atoms with Gasteiger partial charge in [0.2, 0.25) is 5.91 Å². The van der Waals surface area contributed by atoms with Gasteiger partial charge in [0.05, 0.1) is 5.92 Å². The summed E-state index contributed by atoms with van der Waals surface area (Å²) in [5.74, 6) is 0.294. The van der Waals surface area contributed by atoms with E-state index < -0.39 is 0 Å². The molecule has 5 heteroatoms. The first-order valence-corrected chi connectivity index (χ1v) is 7.21. The molecule has 0 aliphatic carbocycles. The van der Waals surface area contributed by atoms with Gasteiger partial charge in [-0.3, -0.25) is 15.6 Å². The summed E-state index contributed by atoms with van der Waals surface area (Å²) in [6.07, 6.45) is 1.05. The number of amides is 1. The molecule has 20 heavy (non-hydrogen) atoms. The van der Waals surface area contributed by atoms with Crippen molar-refractivity contribution in [3.63, 3.8) is 0 Å². The molecule has 1 unspecified atom stereocenters. The zero-order chi connectivity index (χ0) is 15.1. The second kappa shape index (κ2) is 7.85. The van der Waals surface area contributed by atoms with E-state index in [1.807, 2.05) is 19.1 Å². The highest BCUT2D eigenvalue weighted by molar-refractivity contribution is 7.80. The summed E-state index contributed by atoms with van der Waals surface area (Å²) in [5.41, 5.74) is 7.52. The molecular formula is C15H23N3OS. The van der Waals surface area contributed by atoms with Crippen LogP contribution in [-0.2, 0) is 11.2 Å². The van der Waals surface area contributed by atoms with Crippen molar-refractivity contribution in [3.8, 4) is 0 Å². The average molecular weight is 293 g/mol. The van der Waals surface area contributed by atoms with Crippen molar-refractivity contribution < 1.29 is 4.79 Å². The van der Waals surface area contributed by atoms with Gasteiger partial charge in [0.1, 0.15) is 0 Å². The lowest BCUT2D eigenvalue weighted by molar-refractivity contribution is -0.122.